The Labute approximate surface area is 121 Å². The predicted molar refractivity (Wildman–Crippen MR) is 82.2 cm³/mol. The van der Waals surface area contributed by atoms with E-state index in [9.17, 15) is 0 Å². The average Bonchev–Trinajstić information content (AvgIpc) is 2.95. The Bertz CT molecular complexity index is 364. The second-order valence-corrected chi connectivity index (χ2v) is 5.57. The van der Waals surface area contributed by atoms with Gasteiger partial charge in [0.05, 0.1) is 6.10 Å². The highest BCUT2D eigenvalue weighted by molar-refractivity contribution is 6.17. The third-order valence-electron chi connectivity index (χ3n) is 3.58. The maximum atomic E-state index is 5.73. The highest BCUT2D eigenvalue weighted by Crippen LogP contribution is 2.17. The number of benzene rings is 1. The molecule has 2 nitrogen and oxygen atoms in total. The van der Waals surface area contributed by atoms with E-state index in [1.807, 2.05) is 0 Å². The summed E-state index contributed by atoms with van der Waals surface area (Å²) in [7, 11) is 0. The van der Waals surface area contributed by atoms with Gasteiger partial charge in [-0.05, 0) is 56.2 Å². The quantitative estimate of drug-likeness (QED) is 0.569. The summed E-state index contributed by atoms with van der Waals surface area (Å²) in [4.78, 5) is 0. The molecule has 0 radical (unpaired) electrons. The van der Waals surface area contributed by atoms with Gasteiger partial charge < -0.3 is 10.1 Å². The van der Waals surface area contributed by atoms with E-state index < -0.39 is 0 Å². The Morgan fingerprint density at radius 2 is 2.26 bits per heavy atom. The molecule has 0 saturated carbocycles. The van der Waals surface area contributed by atoms with Gasteiger partial charge >= 0.3 is 0 Å². The van der Waals surface area contributed by atoms with Crippen molar-refractivity contribution in [2.75, 3.05) is 24.3 Å². The summed E-state index contributed by atoms with van der Waals surface area (Å²) in [5, 5.41) is 3.50. The lowest BCUT2D eigenvalue weighted by atomic mass is 10.1. The first-order valence-electron chi connectivity index (χ1n) is 7.39. The maximum Gasteiger partial charge on any atom is 0.0576 e. The maximum absolute atomic E-state index is 5.73. The van der Waals surface area contributed by atoms with Crippen molar-refractivity contribution in [1.82, 2.24) is 0 Å². The van der Waals surface area contributed by atoms with Crippen molar-refractivity contribution in [2.45, 2.75) is 44.6 Å². The molecule has 2 rings (SSSR count). The molecule has 1 aliphatic heterocycles. The number of nitrogens with one attached hydrogen (secondary N) is 1. The summed E-state index contributed by atoms with van der Waals surface area (Å²) in [5.74, 6) is 0.735. The van der Waals surface area contributed by atoms with Gasteiger partial charge in [-0.2, -0.15) is 0 Å². The van der Waals surface area contributed by atoms with Crippen LogP contribution in [-0.2, 0) is 11.2 Å². The van der Waals surface area contributed by atoms with Crippen molar-refractivity contribution in [2.24, 2.45) is 0 Å². The zero-order chi connectivity index (χ0) is 13.3. The molecule has 1 fully saturated rings. The Balaban J connectivity index is 1.66. The number of rotatable bonds is 8. The van der Waals surface area contributed by atoms with Gasteiger partial charge in [-0.15, -0.1) is 11.6 Å². The van der Waals surface area contributed by atoms with Gasteiger partial charge in [-0.3, -0.25) is 0 Å². The van der Waals surface area contributed by atoms with Crippen LogP contribution in [0, 0.1) is 0 Å². The van der Waals surface area contributed by atoms with Crippen LogP contribution in [0.2, 0.25) is 0 Å². The molecule has 1 unspecified atom stereocenters. The largest absolute Gasteiger partial charge is 0.385 e. The Morgan fingerprint density at radius 1 is 1.32 bits per heavy atom. The minimum Gasteiger partial charge on any atom is -0.385 e. The number of hydrogen-bond acceptors (Lipinski definition) is 2. The average molecular weight is 282 g/mol. The van der Waals surface area contributed by atoms with Gasteiger partial charge in [-0.25, -0.2) is 0 Å². The number of anilines is 1. The van der Waals surface area contributed by atoms with E-state index >= 15 is 0 Å². The van der Waals surface area contributed by atoms with Gasteiger partial charge in [0.25, 0.3) is 0 Å². The van der Waals surface area contributed by atoms with Crippen LogP contribution in [0.4, 0.5) is 5.69 Å². The molecular formula is C16H24ClNO. The fourth-order valence-electron chi connectivity index (χ4n) is 2.54. The summed E-state index contributed by atoms with van der Waals surface area (Å²) in [6, 6.07) is 8.66. The predicted octanol–water partition coefficient (Wildman–Crippen LogP) is 4.23. The van der Waals surface area contributed by atoms with Crippen molar-refractivity contribution in [3.63, 3.8) is 0 Å². The topological polar surface area (TPSA) is 21.3 Å². The first kappa shape index (κ1) is 14.7. The van der Waals surface area contributed by atoms with Gasteiger partial charge in [-0.1, -0.05) is 12.1 Å². The second kappa shape index (κ2) is 8.44. The molecule has 1 N–H and O–H groups in total. The Hall–Kier alpha value is -0.730. The lowest BCUT2D eigenvalue weighted by molar-refractivity contribution is 0.103. The number of ether oxygens (including phenoxy) is 1. The molecule has 19 heavy (non-hydrogen) atoms. The van der Waals surface area contributed by atoms with Crippen molar-refractivity contribution in [3.05, 3.63) is 29.8 Å². The first-order chi connectivity index (χ1) is 9.38. The van der Waals surface area contributed by atoms with Crippen molar-refractivity contribution < 1.29 is 4.74 Å². The highest BCUT2D eigenvalue weighted by atomic mass is 35.5. The second-order valence-electron chi connectivity index (χ2n) is 5.20. The van der Waals surface area contributed by atoms with E-state index in [4.69, 9.17) is 16.3 Å². The van der Waals surface area contributed by atoms with Crippen LogP contribution in [0.15, 0.2) is 24.3 Å². The molecule has 0 aromatic heterocycles. The summed E-state index contributed by atoms with van der Waals surface area (Å²) in [5.41, 5.74) is 2.59. The van der Waals surface area contributed by atoms with E-state index in [0.717, 1.165) is 31.9 Å². The molecule has 1 atom stereocenters. The van der Waals surface area contributed by atoms with Gasteiger partial charge in [0.2, 0.25) is 0 Å². The van der Waals surface area contributed by atoms with Gasteiger partial charge in [0, 0.05) is 24.7 Å². The third-order valence-corrected chi connectivity index (χ3v) is 3.85. The zero-order valence-electron chi connectivity index (χ0n) is 11.5. The molecule has 1 aliphatic rings. The SMILES string of the molecule is ClCCCc1cccc(NCCCC2CCCO2)c1. The monoisotopic (exact) mass is 281 g/mol. The summed E-state index contributed by atoms with van der Waals surface area (Å²) in [6.07, 6.45) is 7.46. The molecular weight excluding hydrogens is 258 g/mol. The number of halogens is 1. The smallest absolute Gasteiger partial charge is 0.0576 e. The van der Waals surface area contributed by atoms with E-state index in [1.165, 1.54) is 36.9 Å². The first-order valence-corrected chi connectivity index (χ1v) is 7.92. The van der Waals surface area contributed by atoms with Crippen LogP contribution >= 0.6 is 11.6 Å². The molecule has 0 spiro atoms. The summed E-state index contributed by atoms with van der Waals surface area (Å²) < 4.78 is 5.63. The van der Waals surface area contributed by atoms with Crippen LogP contribution in [0.3, 0.4) is 0 Å². The van der Waals surface area contributed by atoms with E-state index in [2.05, 4.69) is 29.6 Å². The fraction of sp³-hybridized carbons (Fsp3) is 0.625. The lowest BCUT2D eigenvalue weighted by Crippen LogP contribution is -2.09. The van der Waals surface area contributed by atoms with Gasteiger partial charge in [0.1, 0.15) is 0 Å². The Kier molecular flexibility index (Phi) is 6.52. The number of aryl methyl sites for hydroxylation is 1. The van der Waals surface area contributed by atoms with Crippen LogP contribution in [0.5, 0.6) is 0 Å². The normalized spacial score (nSPS) is 18.7. The number of alkyl halides is 1. The minimum absolute atomic E-state index is 0.511. The van der Waals surface area contributed by atoms with Crippen molar-refractivity contribution in [3.8, 4) is 0 Å². The zero-order valence-corrected chi connectivity index (χ0v) is 12.3. The van der Waals surface area contributed by atoms with Crippen molar-refractivity contribution >= 4 is 17.3 Å². The molecule has 0 bridgehead atoms. The van der Waals surface area contributed by atoms with Gasteiger partial charge in [0.15, 0.2) is 0 Å². The lowest BCUT2D eigenvalue weighted by Gasteiger charge is -2.11. The van der Waals surface area contributed by atoms with E-state index in [1.54, 1.807) is 0 Å². The molecule has 1 aromatic carbocycles. The molecule has 0 amide bonds. The van der Waals surface area contributed by atoms with Crippen LogP contribution in [0.1, 0.15) is 37.7 Å². The highest BCUT2D eigenvalue weighted by Gasteiger charge is 2.14. The Morgan fingerprint density at radius 3 is 3.05 bits per heavy atom. The van der Waals surface area contributed by atoms with E-state index in [-0.39, 0.29) is 0 Å². The summed E-state index contributed by atoms with van der Waals surface area (Å²) in [6.45, 7) is 1.99. The third kappa shape index (κ3) is 5.42. The minimum atomic E-state index is 0.511. The molecule has 0 aliphatic carbocycles. The molecule has 3 heteroatoms. The van der Waals surface area contributed by atoms with Crippen LogP contribution in [0.25, 0.3) is 0 Å². The summed E-state index contributed by atoms with van der Waals surface area (Å²) >= 11 is 5.73. The molecule has 1 saturated heterocycles. The molecule has 1 aromatic rings. The van der Waals surface area contributed by atoms with Crippen molar-refractivity contribution in [1.29, 1.82) is 0 Å². The number of hydrogen-bond donors (Lipinski definition) is 1. The molecule has 1 heterocycles. The standard InChI is InChI=1S/C16H24ClNO/c17-10-2-6-14-5-1-7-15(13-14)18-11-3-8-16-9-4-12-19-16/h1,5,7,13,16,18H,2-4,6,8-12H2. The van der Waals surface area contributed by atoms with Crippen LogP contribution in [-0.4, -0.2) is 25.1 Å². The van der Waals surface area contributed by atoms with Crippen LogP contribution < -0.4 is 5.32 Å². The van der Waals surface area contributed by atoms with E-state index in [0.29, 0.717) is 6.10 Å². The fourth-order valence-corrected chi connectivity index (χ4v) is 2.68. The molecule has 106 valence electrons.